The molecule has 0 aliphatic heterocycles. The molecule has 0 aliphatic carbocycles. The number of hydrogen-bond acceptors (Lipinski definition) is 4. The van der Waals surface area contributed by atoms with Gasteiger partial charge in [0.1, 0.15) is 11.6 Å². The predicted octanol–water partition coefficient (Wildman–Crippen LogP) is 2.69. The van der Waals surface area contributed by atoms with Crippen molar-refractivity contribution < 1.29 is 4.79 Å². The molecule has 1 amide bonds. The van der Waals surface area contributed by atoms with Crippen molar-refractivity contribution in [1.82, 2.24) is 4.98 Å². The lowest BCUT2D eigenvalue weighted by molar-refractivity contribution is -0.112. The number of aromatic nitrogens is 1. The molecule has 18 heavy (non-hydrogen) atoms. The third-order valence-electron chi connectivity index (χ3n) is 2.13. The second-order valence-electron chi connectivity index (χ2n) is 3.37. The van der Waals surface area contributed by atoms with E-state index in [4.69, 9.17) is 5.26 Å². The molecular weight excluding hydrogens is 246 g/mol. The van der Waals surface area contributed by atoms with Crippen LogP contribution in [0, 0.1) is 11.3 Å². The Labute approximate surface area is 108 Å². The largest absolute Gasteiger partial charge is 0.297 e. The molecule has 1 heterocycles. The van der Waals surface area contributed by atoms with Crippen LogP contribution in [0.4, 0.5) is 5.13 Å². The van der Waals surface area contributed by atoms with Gasteiger partial charge in [0.25, 0.3) is 5.91 Å². The maximum absolute atomic E-state index is 11.8. The van der Waals surface area contributed by atoms with Gasteiger partial charge in [-0.2, -0.15) is 5.26 Å². The molecule has 0 atom stereocenters. The number of amides is 1. The zero-order chi connectivity index (χ0) is 12.8. The average Bonchev–Trinajstić information content (AvgIpc) is 2.90. The second kappa shape index (κ2) is 5.75. The summed E-state index contributed by atoms with van der Waals surface area (Å²) in [5.74, 6) is -0.448. The highest BCUT2D eigenvalue weighted by atomic mass is 32.1. The van der Waals surface area contributed by atoms with E-state index in [9.17, 15) is 4.79 Å². The number of anilines is 1. The summed E-state index contributed by atoms with van der Waals surface area (Å²) in [5.41, 5.74) is 0.861. The molecule has 0 radical (unpaired) electrons. The number of hydrogen-bond donors (Lipinski definition) is 1. The maximum atomic E-state index is 11.8. The van der Waals surface area contributed by atoms with Crippen LogP contribution < -0.4 is 5.32 Å². The van der Waals surface area contributed by atoms with Crippen molar-refractivity contribution in [3.05, 3.63) is 53.0 Å². The van der Waals surface area contributed by atoms with Crippen LogP contribution in [0.15, 0.2) is 47.5 Å². The van der Waals surface area contributed by atoms with Crippen LogP contribution in [0.5, 0.6) is 0 Å². The third kappa shape index (κ3) is 3.03. The maximum Gasteiger partial charge on any atom is 0.268 e. The van der Waals surface area contributed by atoms with E-state index < -0.39 is 5.91 Å². The molecule has 0 spiro atoms. The number of nitrogens with zero attached hydrogens (tertiary/aromatic N) is 2. The van der Waals surface area contributed by atoms with Crippen LogP contribution >= 0.6 is 11.3 Å². The summed E-state index contributed by atoms with van der Waals surface area (Å²) >= 11 is 1.31. The van der Waals surface area contributed by atoms with Gasteiger partial charge in [-0.1, -0.05) is 30.3 Å². The molecule has 1 aromatic carbocycles. The Balaban J connectivity index is 2.17. The smallest absolute Gasteiger partial charge is 0.268 e. The first-order chi connectivity index (χ1) is 8.79. The summed E-state index contributed by atoms with van der Waals surface area (Å²) < 4.78 is 0. The highest BCUT2D eigenvalue weighted by Crippen LogP contribution is 2.13. The molecule has 0 bridgehead atoms. The van der Waals surface area contributed by atoms with Gasteiger partial charge >= 0.3 is 0 Å². The van der Waals surface area contributed by atoms with Gasteiger partial charge in [-0.3, -0.25) is 10.1 Å². The van der Waals surface area contributed by atoms with Crippen molar-refractivity contribution in [1.29, 1.82) is 5.26 Å². The minimum atomic E-state index is -0.448. The molecule has 0 saturated heterocycles. The van der Waals surface area contributed by atoms with Crippen molar-refractivity contribution in [3.63, 3.8) is 0 Å². The van der Waals surface area contributed by atoms with Crippen LogP contribution in [0.25, 0.3) is 6.08 Å². The molecule has 0 fully saturated rings. The number of nitrogens with one attached hydrogen (secondary N) is 1. The SMILES string of the molecule is N#C/C(=C\c1ccccc1)C(=O)Nc1nccs1. The molecule has 5 heteroatoms. The monoisotopic (exact) mass is 255 g/mol. The third-order valence-corrected chi connectivity index (χ3v) is 2.82. The van der Waals surface area contributed by atoms with E-state index in [0.717, 1.165) is 5.56 Å². The standard InChI is InChI=1S/C13H9N3OS/c14-9-11(8-10-4-2-1-3-5-10)12(17)16-13-15-6-7-18-13/h1-8H,(H,15,16,17)/b11-8+. The number of nitriles is 1. The van der Waals surface area contributed by atoms with Crippen molar-refractivity contribution in [3.8, 4) is 6.07 Å². The minimum absolute atomic E-state index is 0.0522. The quantitative estimate of drug-likeness (QED) is 0.677. The Kier molecular flexibility index (Phi) is 3.84. The topological polar surface area (TPSA) is 65.8 Å². The predicted molar refractivity (Wildman–Crippen MR) is 70.8 cm³/mol. The molecule has 0 saturated carbocycles. The first-order valence-electron chi connectivity index (χ1n) is 5.17. The fourth-order valence-electron chi connectivity index (χ4n) is 1.31. The summed E-state index contributed by atoms with van der Waals surface area (Å²) in [6.07, 6.45) is 3.14. The molecule has 4 nitrogen and oxygen atoms in total. The Morgan fingerprint density at radius 3 is 2.78 bits per heavy atom. The fourth-order valence-corrected chi connectivity index (χ4v) is 1.84. The summed E-state index contributed by atoms with van der Waals surface area (Å²) in [5, 5.41) is 13.8. The van der Waals surface area contributed by atoms with E-state index >= 15 is 0 Å². The molecule has 2 aromatic rings. The van der Waals surface area contributed by atoms with Crippen LogP contribution in [0.3, 0.4) is 0 Å². The van der Waals surface area contributed by atoms with Gasteiger partial charge in [0.2, 0.25) is 0 Å². The van der Waals surface area contributed by atoms with Crippen LogP contribution in [0.1, 0.15) is 5.56 Å². The summed E-state index contributed by atoms with van der Waals surface area (Å²) in [4.78, 5) is 15.7. The Morgan fingerprint density at radius 1 is 1.39 bits per heavy atom. The van der Waals surface area contributed by atoms with E-state index in [2.05, 4.69) is 10.3 Å². The van der Waals surface area contributed by atoms with Crippen molar-refractivity contribution >= 4 is 28.5 Å². The Morgan fingerprint density at radius 2 is 2.17 bits per heavy atom. The number of thiazole rings is 1. The first kappa shape index (κ1) is 12.0. The molecule has 2 rings (SSSR count). The van der Waals surface area contributed by atoms with E-state index in [1.807, 2.05) is 36.4 Å². The zero-order valence-electron chi connectivity index (χ0n) is 9.33. The first-order valence-corrected chi connectivity index (χ1v) is 6.05. The molecule has 0 unspecified atom stereocenters. The lowest BCUT2D eigenvalue weighted by Crippen LogP contribution is -2.13. The molecule has 0 aliphatic rings. The lowest BCUT2D eigenvalue weighted by atomic mass is 10.1. The molecule has 88 valence electrons. The zero-order valence-corrected chi connectivity index (χ0v) is 10.1. The fraction of sp³-hybridized carbons (Fsp3) is 0. The molecule has 1 aromatic heterocycles. The van der Waals surface area contributed by atoms with Crippen LogP contribution in [0.2, 0.25) is 0 Å². The highest BCUT2D eigenvalue weighted by molar-refractivity contribution is 7.13. The normalized spacial score (nSPS) is 10.7. The van der Waals surface area contributed by atoms with Gasteiger partial charge in [-0.25, -0.2) is 4.98 Å². The van der Waals surface area contributed by atoms with E-state index in [-0.39, 0.29) is 5.57 Å². The second-order valence-corrected chi connectivity index (χ2v) is 4.27. The van der Waals surface area contributed by atoms with Gasteiger partial charge in [0, 0.05) is 11.6 Å². The number of carbonyl (C=O) groups excluding carboxylic acids is 1. The van der Waals surface area contributed by atoms with Gasteiger partial charge in [-0.05, 0) is 11.6 Å². The number of benzene rings is 1. The van der Waals surface area contributed by atoms with Gasteiger partial charge in [0.15, 0.2) is 5.13 Å². The van der Waals surface area contributed by atoms with Gasteiger partial charge < -0.3 is 0 Å². The Hall–Kier alpha value is -2.45. The summed E-state index contributed by atoms with van der Waals surface area (Å²) in [7, 11) is 0. The lowest BCUT2D eigenvalue weighted by Gasteiger charge is -1.99. The molecule has 1 N–H and O–H groups in total. The summed E-state index contributed by atoms with van der Waals surface area (Å²) in [6, 6.07) is 11.1. The highest BCUT2D eigenvalue weighted by Gasteiger charge is 2.10. The van der Waals surface area contributed by atoms with Gasteiger partial charge in [0.05, 0.1) is 0 Å². The molecular formula is C13H9N3OS. The van der Waals surface area contributed by atoms with E-state index in [1.165, 1.54) is 11.3 Å². The van der Waals surface area contributed by atoms with Crippen molar-refractivity contribution in [2.24, 2.45) is 0 Å². The average molecular weight is 255 g/mol. The minimum Gasteiger partial charge on any atom is -0.297 e. The van der Waals surface area contributed by atoms with Gasteiger partial charge in [-0.15, -0.1) is 11.3 Å². The van der Waals surface area contributed by atoms with Crippen LogP contribution in [-0.2, 0) is 4.79 Å². The number of carbonyl (C=O) groups is 1. The Bertz CT molecular complexity index is 597. The van der Waals surface area contributed by atoms with Crippen LogP contribution in [-0.4, -0.2) is 10.9 Å². The van der Waals surface area contributed by atoms with E-state index in [1.54, 1.807) is 17.7 Å². The van der Waals surface area contributed by atoms with E-state index in [0.29, 0.717) is 5.13 Å². The number of rotatable bonds is 3. The van der Waals surface area contributed by atoms with Crippen molar-refractivity contribution in [2.75, 3.05) is 5.32 Å². The van der Waals surface area contributed by atoms with Crippen molar-refractivity contribution in [2.45, 2.75) is 0 Å². The summed E-state index contributed by atoms with van der Waals surface area (Å²) in [6.45, 7) is 0.